The molecule has 2 aliphatic carbocycles. The van der Waals surface area contributed by atoms with Gasteiger partial charge >= 0.3 is 5.97 Å². The van der Waals surface area contributed by atoms with Gasteiger partial charge in [-0.1, -0.05) is 20.3 Å². The Morgan fingerprint density at radius 3 is 2.42 bits per heavy atom. The molecule has 108 valence electrons. The zero-order valence-electron chi connectivity index (χ0n) is 11.9. The molecule has 0 aromatic carbocycles. The molecule has 0 radical (unpaired) electrons. The molecule has 3 unspecified atom stereocenters. The Bertz CT molecular complexity index is 343. The highest BCUT2D eigenvalue weighted by Gasteiger charge is 2.56. The maximum atomic E-state index is 12.0. The lowest BCUT2D eigenvalue weighted by Crippen LogP contribution is -2.33. The summed E-state index contributed by atoms with van der Waals surface area (Å²) in [6.07, 6.45) is 4.68. The standard InChI is InChI=1S/C15H25NO3/c1-9(2)6-10(7-13(17)18)8-16-15(19)14-11-4-3-5-12(11)14/h9-12,14H,3-8H2,1-2H3,(H,16,19)(H,17,18). The first-order chi connectivity index (χ1) is 8.99. The van der Waals surface area contributed by atoms with Crippen LogP contribution in [0.5, 0.6) is 0 Å². The summed E-state index contributed by atoms with van der Waals surface area (Å²) >= 11 is 0. The lowest BCUT2D eigenvalue weighted by atomic mass is 9.94. The summed E-state index contributed by atoms with van der Waals surface area (Å²) < 4.78 is 0. The molecule has 0 bridgehead atoms. The van der Waals surface area contributed by atoms with Gasteiger partial charge in [-0.3, -0.25) is 9.59 Å². The van der Waals surface area contributed by atoms with Crippen LogP contribution < -0.4 is 5.32 Å². The van der Waals surface area contributed by atoms with Crippen LogP contribution in [0.15, 0.2) is 0 Å². The number of carboxylic acid groups (broad SMARTS) is 1. The van der Waals surface area contributed by atoms with E-state index >= 15 is 0 Å². The van der Waals surface area contributed by atoms with Gasteiger partial charge in [0.2, 0.25) is 5.91 Å². The smallest absolute Gasteiger partial charge is 0.303 e. The number of carbonyl (C=O) groups is 2. The molecular formula is C15H25NO3. The van der Waals surface area contributed by atoms with Crippen LogP contribution in [0.4, 0.5) is 0 Å². The third-order valence-electron chi connectivity index (χ3n) is 4.54. The van der Waals surface area contributed by atoms with Gasteiger partial charge in [0.05, 0.1) is 0 Å². The average molecular weight is 267 g/mol. The minimum atomic E-state index is -0.775. The lowest BCUT2D eigenvalue weighted by molar-refractivity contribution is -0.138. The molecule has 1 amide bonds. The summed E-state index contributed by atoms with van der Waals surface area (Å²) in [6.45, 7) is 4.68. The van der Waals surface area contributed by atoms with Crippen molar-refractivity contribution in [1.82, 2.24) is 5.32 Å². The van der Waals surface area contributed by atoms with Crippen LogP contribution in [0.25, 0.3) is 0 Å². The fourth-order valence-corrected chi connectivity index (χ4v) is 3.73. The van der Waals surface area contributed by atoms with Gasteiger partial charge in [0.1, 0.15) is 0 Å². The number of nitrogens with one attached hydrogen (secondary N) is 1. The third kappa shape index (κ3) is 3.71. The molecular weight excluding hydrogens is 242 g/mol. The van der Waals surface area contributed by atoms with Crippen molar-refractivity contribution >= 4 is 11.9 Å². The molecule has 2 rings (SSSR count). The molecule has 0 saturated heterocycles. The predicted octanol–water partition coefficient (Wildman–Crippen LogP) is 2.29. The first-order valence-electron chi connectivity index (χ1n) is 7.48. The summed E-state index contributed by atoms with van der Waals surface area (Å²) in [7, 11) is 0. The van der Waals surface area contributed by atoms with E-state index < -0.39 is 5.97 Å². The zero-order chi connectivity index (χ0) is 14.0. The van der Waals surface area contributed by atoms with Gasteiger partial charge in [0.25, 0.3) is 0 Å². The van der Waals surface area contributed by atoms with Crippen LogP contribution in [-0.4, -0.2) is 23.5 Å². The maximum absolute atomic E-state index is 12.0. The Hall–Kier alpha value is -1.06. The molecule has 2 saturated carbocycles. The Labute approximate surface area is 115 Å². The molecule has 2 fully saturated rings. The van der Waals surface area contributed by atoms with Crippen LogP contribution in [-0.2, 0) is 9.59 Å². The summed E-state index contributed by atoms with van der Waals surface area (Å²) in [5.41, 5.74) is 0. The molecule has 2 N–H and O–H groups in total. The lowest BCUT2D eigenvalue weighted by Gasteiger charge is -2.18. The number of rotatable bonds is 7. The SMILES string of the molecule is CC(C)CC(CNC(=O)C1C2CCCC21)CC(=O)O. The number of hydrogen-bond donors (Lipinski definition) is 2. The Morgan fingerprint density at radius 2 is 1.89 bits per heavy atom. The number of amides is 1. The largest absolute Gasteiger partial charge is 0.481 e. The normalized spacial score (nSPS) is 29.9. The van der Waals surface area contributed by atoms with Gasteiger partial charge in [0, 0.05) is 18.9 Å². The molecule has 4 heteroatoms. The predicted molar refractivity (Wildman–Crippen MR) is 72.5 cm³/mol. The molecule has 0 spiro atoms. The van der Waals surface area contributed by atoms with Gasteiger partial charge in [-0.2, -0.15) is 0 Å². The van der Waals surface area contributed by atoms with Gasteiger partial charge in [0.15, 0.2) is 0 Å². The maximum Gasteiger partial charge on any atom is 0.303 e. The molecule has 19 heavy (non-hydrogen) atoms. The molecule has 4 nitrogen and oxygen atoms in total. The highest BCUT2D eigenvalue weighted by atomic mass is 16.4. The fraction of sp³-hybridized carbons (Fsp3) is 0.867. The van der Waals surface area contributed by atoms with Crippen molar-refractivity contribution < 1.29 is 14.7 Å². The number of carboxylic acids is 1. The van der Waals surface area contributed by atoms with E-state index in [9.17, 15) is 9.59 Å². The van der Waals surface area contributed by atoms with E-state index in [1.54, 1.807) is 0 Å². The zero-order valence-corrected chi connectivity index (χ0v) is 11.9. The minimum Gasteiger partial charge on any atom is -0.481 e. The van der Waals surface area contributed by atoms with Gasteiger partial charge in [-0.15, -0.1) is 0 Å². The molecule has 2 aliphatic rings. The molecule has 3 atom stereocenters. The van der Waals surface area contributed by atoms with E-state index in [1.807, 2.05) is 0 Å². The average Bonchev–Trinajstić information content (AvgIpc) is 2.78. The van der Waals surface area contributed by atoms with Crippen molar-refractivity contribution in [2.75, 3.05) is 6.54 Å². The van der Waals surface area contributed by atoms with Crippen LogP contribution in [0.3, 0.4) is 0 Å². The van der Waals surface area contributed by atoms with Crippen LogP contribution in [0.1, 0.15) is 46.0 Å². The van der Waals surface area contributed by atoms with E-state index in [0.29, 0.717) is 24.3 Å². The number of hydrogen-bond acceptors (Lipinski definition) is 2. The van der Waals surface area contributed by atoms with E-state index in [-0.39, 0.29) is 24.2 Å². The Kier molecular flexibility index (Phi) is 4.48. The van der Waals surface area contributed by atoms with Crippen LogP contribution >= 0.6 is 0 Å². The first kappa shape index (κ1) is 14.4. The Morgan fingerprint density at radius 1 is 1.26 bits per heavy atom. The molecule has 0 aliphatic heterocycles. The molecule has 0 heterocycles. The number of aliphatic carboxylic acids is 1. The second kappa shape index (κ2) is 5.93. The van der Waals surface area contributed by atoms with Crippen molar-refractivity contribution in [3.8, 4) is 0 Å². The van der Waals surface area contributed by atoms with Crippen molar-refractivity contribution in [1.29, 1.82) is 0 Å². The summed E-state index contributed by atoms with van der Waals surface area (Å²) in [4.78, 5) is 22.9. The van der Waals surface area contributed by atoms with E-state index in [2.05, 4.69) is 19.2 Å². The third-order valence-corrected chi connectivity index (χ3v) is 4.54. The first-order valence-corrected chi connectivity index (χ1v) is 7.48. The van der Waals surface area contributed by atoms with Crippen molar-refractivity contribution in [3.63, 3.8) is 0 Å². The highest BCUT2D eigenvalue weighted by Crippen LogP contribution is 2.57. The van der Waals surface area contributed by atoms with Crippen molar-refractivity contribution in [3.05, 3.63) is 0 Å². The van der Waals surface area contributed by atoms with Crippen LogP contribution in [0.2, 0.25) is 0 Å². The number of fused-ring (bicyclic) bond motifs is 1. The fourth-order valence-electron chi connectivity index (χ4n) is 3.73. The monoisotopic (exact) mass is 267 g/mol. The molecule has 0 aromatic rings. The summed E-state index contributed by atoms with van der Waals surface area (Å²) in [5.74, 6) is 1.39. The van der Waals surface area contributed by atoms with E-state index in [0.717, 1.165) is 6.42 Å². The Balaban J connectivity index is 1.74. The second-order valence-electron chi connectivity index (χ2n) is 6.62. The quantitative estimate of drug-likeness (QED) is 0.743. The number of carbonyl (C=O) groups excluding carboxylic acids is 1. The summed E-state index contributed by atoms with van der Waals surface area (Å²) in [6, 6.07) is 0. The van der Waals surface area contributed by atoms with Crippen molar-refractivity contribution in [2.45, 2.75) is 46.0 Å². The van der Waals surface area contributed by atoms with Crippen molar-refractivity contribution in [2.24, 2.45) is 29.6 Å². The minimum absolute atomic E-state index is 0.0556. The van der Waals surface area contributed by atoms with E-state index in [4.69, 9.17) is 5.11 Å². The second-order valence-corrected chi connectivity index (χ2v) is 6.62. The van der Waals surface area contributed by atoms with Gasteiger partial charge < -0.3 is 10.4 Å². The van der Waals surface area contributed by atoms with Gasteiger partial charge in [-0.05, 0) is 42.9 Å². The molecule has 0 aromatic heterocycles. The highest BCUT2D eigenvalue weighted by molar-refractivity contribution is 5.82. The topological polar surface area (TPSA) is 66.4 Å². The van der Waals surface area contributed by atoms with E-state index in [1.165, 1.54) is 19.3 Å². The summed E-state index contributed by atoms with van der Waals surface area (Å²) in [5, 5.41) is 11.9. The van der Waals surface area contributed by atoms with Crippen LogP contribution in [0, 0.1) is 29.6 Å². The van der Waals surface area contributed by atoms with Gasteiger partial charge in [-0.25, -0.2) is 0 Å².